The fraction of sp³-hybridized carbons (Fsp3) is 0.629. The molecule has 2 saturated heterocycles. The summed E-state index contributed by atoms with van der Waals surface area (Å²) in [6.07, 6.45) is 4.02. The van der Waals surface area contributed by atoms with E-state index in [1.54, 1.807) is 19.1 Å². The van der Waals surface area contributed by atoms with Crippen LogP contribution in [0.4, 0.5) is 0 Å². The van der Waals surface area contributed by atoms with Gasteiger partial charge in [-0.15, -0.1) is 0 Å². The highest BCUT2D eigenvalue weighted by Gasteiger charge is 2.40. The number of phenols is 1. The van der Waals surface area contributed by atoms with Crippen molar-refractivity contribution in [2.24, 2.45) is 11.8 Å². The number of rotatable bonds is 9. The van der Waals surface area contributed by atoms with Crippen molar-refractivity contribution in [3.8, 4) is 5.75 Å². The zero-order chi connectivity index (χ0) is 37.7. The molecule has 0 spiro atoms. The van der Waals surface area contributed by atoms with Gasteiger partial charge in [-0.1, -0.05) is 52.7 Å². The molecule has 7 amide bonds. The van der Waals surface area contributed by atoms with Gasteiger partial charge in [0.05, 0.1) is 13.1 Å². The Morgan fingerprint density at radius 3 is 2.00 bits per heavy atom. The minimum Gasteiger partial charge on any atom is -0.508 e. The van der Waals surface area contributed by atoms with Crippen LogP contribution in [-0.2, 0) is 40.0 Å². The molecule has 2 aliphatic heterocycles. The van der Waals surface area contributed by atoms with Crippen molar-refractivity contribution in [2.75, 3.05) is 31.6 Å². The van der Waals surface area contributed by atoms with Gasteiger partial charge in [0.15, 0.2) is 0 Å². The van der Waals surface area contributed by atoms with Crippen LogP contribution in [0.25, 0.3) is 0 Å². The average molecular weight is 732 g/mol. The largest absolute Gasteiger partial charge is 0.508 e. The third kappa shape index (κ3) is 11.9. The normalized spacial score (nSPS) is 25.9. The molecule has 51 heavy (non-hydrogen) atoms. The highest BCUT2D eigenvalue weighted by molar-refractivity contribution is 7.98. The molecule has 0 saturated carbocycles. The molecule has 282 valence electrons. The molecule has 0 radical (unpaired) electrons. The first-order chi connectivity index (χ1) is 24.3. The first-order valence-electron chi connectivity index (χ1n) is 17.6. The van der Waals surface area contributed by atoms with E-state index in [4.69, 9.17) is 0 Å². The molecule has 0 aliphatic carbocycles. The van der Waals surface area contributed by atoms with Crippen LogP contribution >= 0.6 is 11.8 Å². The van der Waals surface area contributed by atoms with Gasteiger partial charge in [0.1, 0.15) is 36.0 Å². The van der Waals surface area contributed by atoms with Gasteiger partial charge in [0.25, 0.3) is 0 Å². The maximum absolute atomic E-state index is 14.1. The van der Waals surface area contributed by atoms with E-state index in [1.165, 1.54) is 28.8 Å². The highest BCUT2D eigenvalue weighted by atomic mass is 32.2. The summed E-state index contributed by atoms with van der Waals surface area (Å²) in [5, 5.41) is 25.9. The van der Waals surface area contributed by atoms with E-state index in [9.17, 15) is 38.7 Å². The monoisotopic (exact) mass is 731 g/mol. The van der Waals surface area contributed by atoms with Crippen LogP contribution in [0.2, 0.25) is 0 Å². The molecule has 3 rings (SSSR count). The molecule has 2 aliphatic rings. The summed E-state index contributed by atoms with van der Waals surface area (Å²) >= 11 is 1.47. The number of carbonyl (C=O) groups is 7. The Kier molecular flexibility index (Phi) is 16.0. The third-order valence-corrected chi connectivity index (χ3v) is 10.2. The number of nitrogens with zero attached hydrogens (tertiary/aromatic N) is 1. The summed E-state index contributed by atoms with van der Waals surface area (Å²) in [6.45, 7) is 6.66. The Balaban J connectivity index is 2.02. The Bertz CT molecular complexity index is 1410. The molecule has 0 bridgehead atoms. The van der Waals surface area contributed by atoms with Crippen molar-refractivity contribution < 1.29 is 38.7 Å². The number of thioether (sulfide) groups is 1. The van der Waals surface area contributed by atoms with Gasteiger partial charge in [-0.3, -0.25) is 33.6 Å². The SMILES string of the molecule is CC[C@@H](C)[C@H]1NC(=O)CNC(=O)[C@H](CCSC)NC(=O)CNC(=O)[C@@H]2CCCN2C(=O)[C@@H]([C@@H](C)CC)NC(=O)[C@H](Cc2ccc(O)cc2)NC1=O. The molecule has 2 heterocycles. The fourth-order valence-corrected chi connectivity index (χ4v) is 6.48. The third-order valence-electron chi connectivity index (χ3n) is 9.55. The van der Waals surface area contributed by atoms with Crippen LogP contribution in [0.1, 0.15) is 65.4 Å². The molecule has 7 atom stereocenters. The molecule has 1 aromatic carbocycles. The van der Waals surface area contributed by atoms with E-state index in [0.29, 0.717) is 37.0 Å². The maximum atomic E-state index is 14.1. The van der Waals surface area contributed by atoms with E-state index < -0.39 is 84.6 Å². The van der Waals surface area contributed by atoms with Gasteiger partial charge in [-0.05, 0) is 60.8 Å². The van der Waals surface area contributed by atoms with Gasteiger partial charge in [0, 0.05) is 13.0 Å². The number of hydrogen-bond acceptors (Lipinski definition) is 9. The standard InChI is InChI=1S/C35H53N7O8S/c1-6-20(3)29-34(49)39-25(17-22-10-12-23(43)13-11-22)32(47)41-30(21(4)7-2)35(50)42-15-8-9-26(42)33(48)37-18-27(44)38-24(14-16-51-5)31(46)36-19-28(45)40-29/h10-13,20-21,24-26,29-30,43H,6-9,14-19H2,1-5H3,(H,36,46)(H,37,48)(H,38,44)(H,39,49)(H,40,45)(H,41,47)/t20-,21+,24+,25+,26+,29-,30-/m1/s1. The first kappa shape index (κ1) is 41.1. The number of nitrogens with one attached hydrogen (secondary N) is 6. The molecule has 0 unspecified atom stereocenters. The van der Waals surface area contributed by atoms with Crippen molar-refractivity contribution in [1.29, 1.82) is 0 Å². The number of carbonyl (C=O) groups excluding carboxylic acids is 7. The molecular formula is C35H53N7O8S. The van der Waals surface area contributed by atoms with Crippen LogP contribution in [0.5, 0.6) is 5.75 Å². The molecular weight excluding hydrogens is 678 g/mol. The van der Waals surface area contributed by atoms with Crippen molar-refractivity contribution in [3.63, 3.8) is 0 Å². The summed E-state index contributed by atoms with van der Waals surface area (Å²) in [4.78, 5) is 95.9. The van der Waals surface area contributed by atoms with Crippen molar-refractivity contribution in [3.05, 3.63) is 29.8 Å². The second-order valence-electron chi connectivity index (χ2n) is 13.3. The summed E-state index contributed by atoms with van der Waals surface area (Å²) in [6, 6.07) is 0.971. The van der Waals surface area contributed by atoms with Crippen LogP contribution < -0.4 is 31.9 Å². The number of benzene rings is 1. The number of amides is 7. The Morgan fingerprint density at radius 1 is 0.765 bits per heavy atom. The van der Waals surface area contributed by atoms with Crippen molar-refractivity contribution in [1.82, 2.24) is 36.8 Å². The number of aromatic hydroxyl groups is 1. The lowest BCUT2D eigenvalue weighted by Gasteiger charge is -2.32. The highest BCUT2D eigenvalue weighted by Crippen LogP contribution is 2.22. The Labute approximate surface area is 303 Å². The van der Waals surface area contributed by atoms with Gasteiger partial charge in [-0.2, -0.15) is 11.8 Å². The fourth-order valence-electron chi connectivity index (χ4n) is 6.01. The lowest BCUT2D eigenvalue weighted by Crippen LogP contribution is -2.60. The predicted octanol–water partition coefficient (Wildman–Crippen LogP) is -0.0438. The molecule has 1 aromatic rings. The van der Waals surface area contributed by atoms with Gasteiger partial charge >= 0.3 is 0 Å². The van der Waals surface area contributed by atoms with Crippen molar-refractivity contribution >= 4 is 53.1 Å². The molecule has 2 fully saturated rings. The van der Waals surface area contributed by atoms with Crippen LogP contribution in [0.3, 0.4) is 0 Å². The van der Waals surface area contributed by atoms with E-state index in [-0.39, 0.29) is 37.0 Å². The maximum Gasteiger partial charge on any atom is 0.246 e. The second kappa shape index (κ2) is 19.9. The van der Waals surface area contributed by atoms with E-state index in [2.05, 4.69) is 31.9 Å². The quantitative estimate of drug-likeness (QED) is 0.181. The number of phenolic OH excluding ortho intramolecular Hbond substituents is 1. The number of hydrogen-bond donors (Lipinski definition) is 7. The van der Waals surface area contributed by atoms with Crippen LogP contribution in [0, 0.1) is 11.8 Å². The molecule has 16 heteroatoms. The lowest BCUT2D eigenvalue weighted by atomic mass is 9.95. The van der Waals surface area contributed by atoms with Gasteiger partial charge in [0.2, 0.25) is 41.4 Å². The van der Waals surface area contributed by atoms with E-state index in [0.717, 1.165) is 0 Å². The van der Waals surface area contributed by atoms with Crippen LogP contribution in [0.15, 0.2) is 24.3 Å². The minimum atomic E-state index is -1.19. The average Bonchev–Trinajstić information content (AvgIpc) is 3.62. The summed E-state index contributed by atoms with van der Waals surface area (Å²) < 4.78 is 0. The zero-order valence-electron chi connectivity index (χ0n) is 30.1. The number of fused-ring (bicyclic) bond motifs is 1. The summed E-state index contributed by atoms with van der Waals surface area (Å²) in [7, 11) is 0. The van der Waals surface area contributed by atoms with Crippen molar-refractivity contribution in [2.45, 2.75) is 96.4 Å². The predicted molar refractivity (Wildman–Crippen MR) is 192 cm³/mol. The Morgan fingerprint density at radius 2 is 1.37 bits per heavy atom. The minimum absolute atomic E-state index is 0.00368. The summed E-state index contributed by atoms with van der Waals surface area (Å²) in [5.41, 5.74) is 0.618. The van der Waals surface area contributed by atoms with E-state index >= 15 is 0 Å². The molecule has 7 N–H and O–H groups in total. The first-order valence-corrected chi connectivity index (χ1v) is 19.0. The van der Waals surface area contributed by atoms with Crippen LogP contribution in [-0.4, -0.2) is 113 Å². The topological polar surface area (TPSA) is 215 Å². The van der Waals surface area contributed by atoms with Gasteiger partial charge < -0.3 is 41.9 Å². The summed E-state index contributed by atoms with van der Waals surface area (Å²) in [5.74, 6) is -4.32. The van der Waals surface area contributed by atoms with Gasteiger partial charge in [-0.25, -0.2) is 0 Å². The Hall–Kier alpha value is -4.34. The molecule has 0 aromatic heterocycles. The molecule has 15 nitrogen and oxygen atoms in total. The lowest BCUT2D eigenvalue weighted by molar-refractivity contribution is -0.143. The smallest absolute Gasteiger partial charge is 0.246 e. The second-order valence-corrected chi connectivity index (χ2v) is 14.2. The zero-order valence-corrected chi connectivity index (χ0v) is 30.9. The van der Waals surface area contributed by atoms with E-state index in [1.807, 2.05) is 27.0 Å².